The second-order valence-corrected chi connectivity index (χ2v) is 21.3. The molecule has 75 heavy (non-hydrogen) atoms. The molecule has 4 N–H and O–H groups in total. The van der Waals surface area contributed by atoms with E-state index in [0.29, 0.717) is 114 Å². The summed E-state index contributed by atoms with van der Waals surface area (Å²) in [4.78, 5) is 87.2. The highest BCUT2D eigenvalue weighted by atomic mass is 19.1. The van der Waals surface area contributed by atoms with Crippen LogP contribution in [0.25, 0.3) is 22.1 Å². The van der Waals surface area contributed by atoms with Crippen molar-refractivity contribution in [3.63, 3.8) is 0 Å². The van der Waals surface area contributed by atoms with E-state index in [-0.39, 0.29) is 23.7 Å². The summed E-state index contributed by atoms with van der Waals surface area (Å²) in [5, 5.41) is 12.5. The number of fused-ring (bicyclic) bond motifs is 2. The first-order valence-corrected chi connectivity index (χ1v) is 26.3. The highest BCUT2D eigenvalue weighted by molar-refractivity contribution is 5.87. The fourth-order valence-corrected chi connectivity index (χ4v) is 12.2. The van der Waals surface area contributed by atoms with Crippen LogP contribution in [0.4, 0.5) is 30.0 Å². The molecule has 6 aromatic rings. The zero-order valence-corrected chi connectivity index (χ0v) is 43.3. The maximum Gasteiger partial charge on any atom is 0.407 e. The van der Waals surface area contributed by atoms with Gasteiger partial charge in [-0.2, -0.15) is 0 Å². The molecule has 0 spiro atoms. The summed E-state index contributed by atoms with van der Waals surface area (Å²) < 4.78 is 38.7. The van der Waals surface area contributed by atoms with E-state index < -0.39 is 60.1 Å². The minimum atomic E-state index is -1.19. The summed E-state index contributed by atoms with van der Waals surface area (Å²) in [5.41, 5.74) is 4.54. The number of amides is 4. The van der Waals surface area contributed by atoms with E-state index in [1.165, 1.54) is 31.9 Å². The van der Waals surface area contributed by atoms with Gasteiger partial charge in [-0.25, -0.2) is 38.3 Å². The van der Waals surface area contributed by atoms with Crippen LogP contribution in [0.15, 0.2) is 67.0 Å². The van der Waals surface area contributed by atoms with Crippen LogP contribution in [0.2, 0.25) is 0 Å². The second kappa shape index (κ2) is 21.1. The number of carboxylic acid groups (broad SMARTS) is 1. The number of hydrogen-bond acceptors (Lipinski definition) is 11. The molecule has 0 aliphatic carbocycles. The molecule has 3 aromatic heterocycles. The number of imidazole rings is 2. The van der Waals surface area contributed by atoms with Crippen molar-refractivity contribution in [3.05, 3.63) is 107 Å². The lowest BCUT2D eigenvalue weighted by Crippen LogP contribution is -2.51. The number of methoxy groups -OCH3 is 1. The summed E-state index contributed by atoms with van der Waals surface area (Å²) >= 11 is 0. The molecule has 4 saturated heterocycles. The number of aromatic amines is 2. The van der Waals surface area contributed by atoms with Gasteiger partial charge in [-0.1, -0.05) is 58.0 Å². The predicted octanol–water partition coefficient (Wildman–Crippen LogP) is 9.32. The number of anilines is 2. The van der Waals surface area contributed by atoms with Crippen LogP contribution in [-0.4, -0.2) is 126 Å². The number of likely N-dealkylation sites (N-methyl/N-ethyl adjacent to an activating group) is 1. The molecule has 7 heterocycles. The maximum absolute atomic E-state index is 16.9. The van der Waals surface area contributed by atoms with Gasteiger partial charge in [0.2, 0.25) is 17.8 Å². The molecule has 4 aliphatic rings. The number of carbonyl (C=O) groups is 4. The Labute approximate surface area is 434 Å². The molecule has 3 aromatic carbocycles. The maximum atomic E-state index is 16.9. The molecule has 4 aliphatic heterocycles. The Bertz CT molecular complexity index is 3070. The number of carbonyl (C=O) groups excluding carboxylic acids is 3. The molecule has 4 fully saturated rings. The molecule has 4 amide bonds. The Morgan fingerprint density at radius 3 is 1.75 bits per heavy atom. The Hall–Kier alpha value is -7.38. The number of halogens is 2. The number of rotatable bonds is 13. The van der Waals surface area contributed by atoms with E-state index in [4.69, 9.17) is 24.7 Å². The van der Waals surface area contributed by atoms with Gasteiger partial charge in [0.25, 0.3) is 0 Å². The zero-order chi connectivity index (χ0) is 52.8. The molecular weight excluding hydrogens is 963 g/mol. The van der Waals surface area contributed by atoms with Crippen molar-refractivity contribution in [2.75, 3.05) is 50.1 Å². The van der Waals surface area contributed by atoms with Crippen LogP contribution in [-0.2, 0) is 14.3 Å². The number of piperidine rings is 1. The highest BCUT2D eigenvalue weighted by Gasteiger charge is 2.43. The smallest absolute Gasteiger partial charge is 0.407 e. The van der Waals surface area contributed by atoms with Gasteiger partial charge in [-0.3, -0.25) is 14.5 Å². The standard InChI is InChI=1S/C55H66F2N12O6/c1-30(2)47(64-54(72)75-6)51(70)67-20-10-14-45(67)49-60-39-24-35(37(56)26-41(39)62-49)43-16-17-44(69(43)34-28-58-53(59-29-34)66-22-18-33(19-23-66)32-12-8-7-9-13-32)36-25-40-42(27-38(36)57)63-50(61-40)46-15-11-21-68(46)52(71)48(31(3)4)65(5)55(73)74/h7-9,12-13,24-31,33,43-48H,10-11,14-23H2,1-6H3,(H,60,62)(H,61,63)(H,64,72)(H,73,74)/t43-,44+,45-,46-,47-,48-/m0/s1. The van der Waals surface area contributed by atoms with E-state index in [1.54, 1.807) is 34.3 Å². The lowest BCUT2D eigenvalue weighted by molar-refractivity contribution is -0.138. The van der Waals surface area contributed by atoms with E-state index in [9.17, 15) is 24.3 Å². The van der Waals surface area contributed by atoms with Crippen LogP contribution >= 0.6 is 0 Å². The van der Waals surface area contributed by atoms with Gasteiger partial charge in [0.05, 0.1) is 71.4 Å². The van der Waals surface area contributed by atoms with Crippen molar-refractivity contribution in [2.24, 2.45) is 11.8 Å². The minimum absolute atomic E-state index is 0.215. The summed E-state index contributed by atoms with van der Waals surface area (Å²) in [6, 6.07) is 13.0. The van der Waals surface area contributed by atoms with E-state index in [0.717, 1.165) is 30.8 Å². The number of aromatic nitrogens is 6. The summed E-state index contributed by atoms with van der Waals surface area (Å²) in [6.45, 7) is 9.79. The molecule has 0 bridgehead atoms. The minimum Gasteiger partial charge on any atom is -0.465 e. The van der Waals surface area contributed by atoms with Gasteiger partial charge >= 0.3 is 12.2 Å². The summed E-state index contributed by atoms with van der Waals surface area (Å²) in [6.07, 6.45) is 7.01. The molecule has 0 unspecified atom stereocenters. The fourth-order valence-electron chi connectivity index (χ4n) is 12.2. The molecular formula is C55H66F2N12O6. The van der Waals surface area contributed by atoms with Gasteiger partial charge in [0.15, 0.2) is 0 Å². The van der Waals surface area contributed by atoms with Gasteiger partial charge < -0.3 is 44.7 Å². The number of alkyl carbamates (subject to hydrolysis) is 1. The van der Waals surface area contributed by atoms with Crippen LogP contribution < -0.4 is 15.1 Å². The Balaban J connectivity index is 0.971. The summed E-state index contributed by atoms with van der Waals surface area (Å²) in [5.74, 6) is 0.00460. The van der Waals surface area contributed by atoms with E-state index in [2.05, 4.69) is 44.5 Å². The Kier molecular flexibility index (Phi) is 14.4. The number of ether oxygens (including phenoxy) is 1. The third-order valence-electron chi connectivity index (χ3n) is 16.0. The molecule has 0 radical (unpaired) electrons. The molecule has 6 atom stereocenters. The van der Waals surface area contributed by atoms with Crippen LogP contribution in [0.1, 0.15) is 137 Å². The normalized spacial score (nSPS) is 21.2. The van der Waals surface area contributed by atoms with Crippen molar-refractivity contribution < 1.29 is 37.8 Å². The quantitative estimate of drug-likeness (QED) is 0.0853. The second-order valence-electron chi connectivity index (χ2n) is 21.3. The van der Waals surface area contributed by atoms with Gasteiger partial charge in [-0.15, -0.1) is 0 Å². The third kappa shape index (κ3) is 9.90. The predicted molar refractivity (Wildman–Crippen MR) is 278 cm³/mol. The van der Waals surface area contributed by atoms with E-state index >= 15 is 8.78 Å². The highest BCUT2D eigenvalue weighted by Crippen LogP contribution is 2.49. The lowest BCUT2D eigenvalue weighted by atomic mass is 9.90. The molecule has 396 valence electrons. The van der Waals surface area contributed by atoms with Crippen molar-refractivity contribution in [3.8, 4) is 0 Å². The number of nitrogens with zero attached hydrogens (tertiary/aromatic N) is 9. The SMILES string of the molecule is COC(=O)N[C@H](C(=O)N1CCC[C@H]1c1nc2cc([C@@H]3CC[C@H](c4cc5nc([C@@H]6CCCN6C(=O)[C@H](C(C)C)N(C)C(=O)O)[nH]c5cc4F)N3c3cnc(N4CCC(c5ccccc5)CC4)nc3)c(F)cc2[nH]1)C(C)C. The van der Waals surface area contributed by atoms with Crippen LogP contribution in [0.3, 0.4) is 0 Å². The third-order valence-corrected chi connectivity index (χ3v) is 16.0. The number of likely N-dealkylation sites (tertiary alicyclic amines) is 2. The first-order chi connectivity index (χ1) is 36.1. The topological polar surface area (TPSA) is 209 Å². The Morgan fingerprint density at radius 1 is 0.720 bits per heavy atom. The molecule has 0 saturated carbocycles. The monoisotopic (exact) mass is 1030 g/mol. The largest absolute Gasteiger partial charge is 0.465 e. The van der Waals surface area contributed by atoms with Gasteiger partial charge in [0, 0.05) is 44.4 Å². The van der Waals surface area contributed by atoms with Crippen molar-refractivity contribution in [1.29, 1.82) is 0 Å². The van der Waals surface area contributed by atoms with Crippen LogP contribution in [0, 0.1) is 23.5 Å². The van der Waals surface area contributed by atoms with Crippen molar-refractivity contribution in [1.82, 2.24) is 49.9 Å². The average Bonchev–Trinajstić information content (AvgIpc) is 4.28. The molecule has 20 heteroatoms. The zero-order valence-electron chi connectivity index (χ0n) is 43.3. The first kappa shape index (κ1) is 51.1. The van der Waals surface area contributed by atoms with Crippen molar-refractivity contribution in [2.45, 2.75) is 121 Å². The lowest BCUT2D eigenvalue weighted by Gasteiger charge is -2.34. The fraction of sp³-hybridized carbons (Fsp3) is 0.491. The molecule has 18 nitrogen and oxygen atoms in total. The first-order valence-electron chi connectivity index (χ1n) is 26.3. The van der Waals surface area contributed by atoms with Gasteiger partial charge in [-0.05, 0) is 98.9 Å². The number of hydrogen-bond donors (Lipinski definition) is 4. The number of benzene rings is 3. The summed E-state index contributed by atoms with van der Waals surface area (Å²) in [7, 11) is 2.66. The van der Waals surface area contributed by atoms with Crippen LogP contribution in [0.5, 0.6) is 0 Å². The van der Waals surface area contributed by atoms with Crippen molar-refractivity contribution >= 4 is 57.7 Å². The molecule has 10 rings (SSSR count). The van der Waals surface area contributed by atoms with Gasteiger partial charge in [0.1, 0.15) is 35.4 Å². The van der Waals surface area contributed by atoms with E-state index in [1.807, 2.05) is 38.7 Å². The number of nitrogens with one attached hydrogen (secondary N) is 3. The number of H-pyrrole nitrogens is 2. The average molecular weight is 1030 g/mol. The Morgan fingerprint density at radius 2 is 1.25 bits per heavy atom.